The molecule has 0 aliphatic rings. The first-order valence-electron chi connectivity index (χ1n) is 24.5. The third-order valence-electron chi connectivity index (χ3n) is 11.7. The maximum atomic E-state index is 12.9. The van der Waals surface area contributed by atoms with E-state index >= 15 is 0 Å². The van der Waals surface area contributed by atoms with Crippen molar-refractivity contribution in [2.45, 2.75) is 50.3 Å². The van der Waals surface area contributed by atoms with Gasteiger partial charge in [-0.1, -0.05) is 52.0 Å². The highest BCUT2D eigenvalue weighted by Gasteiger charge is 2.20. The van der Waals surface area contributed by atoms with Crippen molar-refractivity contribution < 1.29 is 35.5 Å². The van der Waals surface area contributed by atoms with Crippen LogP contribution in [0.1, 0.15) is 72.4 Å². The van der Waals surface area contributed by atoms with Gasteiger partial charge in [-0.2, -0.15) is 46.7 Å². The second-order valence-electron chi connectivity index (χ2n) is 16.8. The van der Waals surface area contributed by atoms with Crippen LogP contribution in [0.4, 0.5) is 58.4 Å². The molecule has 0 saturated carbocycles. The predicted octanol–water partition coefficient (Wildman–Crippen LogP) is 6.70. The first-order chi connectivity index (χ1) is 36.4. The van der Waals surface area contributed by atoms with Crippen LogP contribution >= 0.6 is 0 Å². The van der Waals surface area contributed by atoms with Gasteiger partial charge in [0.25, 0.3) is 32.1 Å². The van der Waals surface area contributed by atoms with E-state index in [4.69, 9.17) is 0 Å². The Morgan fingerprint density at radius 3 is 1.08 bits per heavy atom. The van der Waals surface area contributed by atoms with Crippen molar-refractivity contribution in [1.82, 2.24) is 50.3 Å². The molecule has 0 saturated heterocycles. The Balaban J connectivity index is 1.25. The molecule has 0 fully saturated rings. The molecule has 26 heteroatoms. The van der Waals surface area contributed by atoms with E-state index in [1.54, 1.807) is 48.5 Å². The van der Waals surface area contributed by atoms with Gasteiger partial charge in [0.05, 0.1) is 0 Å². The molecule has 4 aromatic carbocycles. The molecule has 0 aliphatic heterocycles. The molecule has 2 amide bonds. The average Bonchev–Trinajstić information content (AvgIpc) is 3.40. The molecular weight excluding hydrogens is 1020 g/mol. The number of benzene rings is 4. The van der Waals surface area contributed by atoms with E-state index in [0.717, 1.165) is 64.2 Å². The van der Waals surface area contributed by atoms with Gasteiger partial charge in [0.2, 0.25) is 35.7 Å². The third-order valence-corrected chi connectivity index (χ3v) is 13.5. The SMILES string of the molecule is CCN(CC)CCCNc1nc(Nc2ccc(C(=O)NC)cc2)nc(Nc2ccc(/C=C/c3ccc(Nc4nc(NCCCN(CC)CC)nc(Nc5ccc(C(=O)NC)cc5)n4)cc3S(=O)(=O)O)c(S(=O)(=O)O)c2)n1. The smallest absolute Gasteiger partial charge is 0.295 e. The van der Waals surface area contributed by atoms with Crippen LogP contribution in [0.5, 0.6) is 0 Å². The van der Waals surface area contributed by atoms with E-state index in [1.807, 2.05) is 0 Å². The number of carbonyl (C=O) groups excluding carboxylic acids is 2. The van der Waals surface area contributed by atoms with Crippen LogP contribution in [0.15, 0.2) is 94.7 Å². The summed E-state index contributed by atoms with van der Waals surface area (Å²) in [7, 11) is -6.73. The molecule has 404 valence electrons. The molecule has 10 N–H and O–H groups in total. The Hall–Kier alpha value is -7.88. The van der Waals surface area contributed by atoms with E-state index in [9.17, 15) is 35.5 Å². The van der Waals surface area contributed by atoms with Gasteiger partial charge in [-0.3, -0.25) is 18.7 Å². The number of amides is 2. The van der Waals surface area contributed by atoms with Crippen molar-refractivity contribution in [3.8, 4) is 0 Å². The van der Waals surface area contributed by atoms with Crippen LogP contribution in [0.3, 0.4) is 0 Å². The van der Waals surface area contributed by atoms with Crippen LogP contribution in [-0.4, -0.2) is 144 Å². The highest BCUT2D eigenvalue weighted by molar-refractivity contribution is 7.86. The van der Waals surface area contributed by atoms with Crippen molar-refractivity contribution in [2.24, 2.45) is 0 Å². The van der Waals surface area contributed by atoms with Gasteiger partial charge < -0.3 is 52.3 Å². The molecule has 6 rings (SSSR count). The lowest BCUT2D eigenvalue weighted by atomic mass is 10.1. The fraction of sp³-hybridized carbons (Fsp3) is 0.320. The van der Waals surface area contributed by atoms with Crippen LogP contribution < -0.4 is 42.5 Å². The Bertz CT molecular complexity index is 2980. The minimum atomic E-state index is -4.90. The van der Waals surface area contributed by atoms with Crippen LogP contribution in [-0.2, 0) is 20.2 Å². The van der Waals surface area contributed by atoms with Crippen molar-refractivity contribution in [1.29, 1.82) is 0 Å². The van der Waals surface area contributed by atoms with Gasteiger partial charge in [-0.05, 0) is 136 Å². The van der Waals surface area contributed by atoms with E-state index in [2.05, 4.69) is 110 Å². The van der Waals surface area contributed by atoms with Crippen molar-refractivity contribution in [3.63, 3.8) is 0 Å². The summed E-state index contributed by atoms with van der Waals surface area (Å²) in [4.78, 5) is 54.7. The zero-order valence-corrected chi connectivity index (χ0v) is 44.7. The molecule has 0 spiro atoms. The lowest BCUT2D eigenvalue weighted by Crippen LogP contribution is -2.25. The summed E-state index contributed by atoms with van der Waals surface area (Å²) in [5.41, 5.74) is 2.29. The topological polar surface area (TPSA) is 323 Å². The van der Waals surface area contributed by atoms with Crippen molar-refractivity contribution in [3.05, 3.63) is 107 Å². The fourth-order valence-electron chi connectivity index (χ4n) is 7.56. The number of aromatic nitrogens is 6. The molecule has 0 bridgehead atoms. The van der Waals surface area contributed by atoms with Gasteiger partial charge in [0.1, 0.15) is 9.79 Å². The Morgan fingerprint density at radius 2 is 0.776 bits per heavy atom. The quantitative estimate of drug-likeness (QED) is 0.0139. The van der Waals surface area contributed by atoms with Gasteiger partial charge in [0.15, 0.2) is 0 Å². The van der Waals surface area contributed by atoms with Gasteiger partial charge in [-0.25, -0.2) is 0 Å². The maximum Gasteiger partial charge on any atom is 0.295 e. The second-order valence-corrected chi connectivity index (χ2v) is 19.6. The number of nitrogens with one attached hydrogen (secondary N) is 8. The number of rotatable bonds is 28. The molecule has 0 atom stereocenters. The Kier molecular flexibility index (Phi) is 20.4. The molecule has 0 radical (unpaired) electrons. The molecule has 6 aromatic rings. The highest BCUT2D eigenvalue weighted by atomic mass is 32.2. The lowest BCUT2D eigenvalue weighted by Gasteiger charge is -2.18. The van der Waals surface area contributed by atoms with Crippen LogP contribution in [0, 0.1) is 0 Å². The fourth-order valence-corrected chi connectivity index (χ4v) is 8.98. The minimum absolute atomic E-state index is 0.0126. The summed E-state index contributed by atoms with van der Waals surface area (Å²) >= 11 is 0. The zero-order valence-electron chi connectivity index (χ0n) is 43.0. The number of hydrogen-bond acceptors (Lipinski definition) is 20. The Morgan fingerprint density at radius 1 is 0.474 bits per heavy atom. The normalized spacial score (nSPS) is 11.7. The van der Waals surface area contributed by atoms with Gasteiger partial charge >= 0.3 is 0 Å². The predicted molar refractivity (Wildman–Crippen MR) is 296 cm³/mol. The standard InChI is InChI=1S/C50H64N16O8S2/c1-7-65(8-2)29-11-27-53-45-59-47(55-37-21-17-35(18-22-37)43(67)51-5)63-49(61-45)57-39-25-15-33(41(31-39)75(69,70)71)13-14-34-16-26-40(32-42(34)76(72,73)74)58-50-62-46(54-28-12-30-66(9-3)10-4)60-48(64-50)56-38-23-19-36(20-24-38)44(68)52-6/h13-26,31-32H,7-12,27-30H2,1-6H3,(H,51,67)(H,52,68)(H,69,70,71)(H,72,73,74)(H3,53,55,57,59,61,63)(H3,54,56,58,60,62,64)/b14-13+. The zero-order chi connectivity index (χ0) is 54.8. The molecule has 0 unspecified atom stereocenters. The molecule has 2 aromatic heterocycles. The highest BCUT2D eigenvalue weighted by Crippen LogP contribution is 2.29. The summed E-state index contributed by atoms with van der Waals surface area (Å²) < 4.78 is 72.4. The largest absolute Gasteiger partial charge is 0.355 e. The van der Waals surface area contributed by atoms with Gasteiger partial charge in [-0.15, -0.1) is 0 Å². The van der Waals surface area contributed by atoms with E-state index in [0.29, 0.717) is 35.6 Å². The summed E-state index contributed by atoms with van der Waals surface area (Å²) in [6.07, 6.45) is 4.12. The number of anilines is 10. The Labute approximate surface area is 442 Å². The van der Waals surface area contributed by atoms with Gasteiger partial charge in [0, 0.05) is 61.1 Å². The number of carbonyl (C=O) groups is 2. The first kappa shape index (κ1) is 57.4. The molecular formula is C50H64N16O8S2. The van der Waals surface area contributed by atoms with E-state index in [-0.39, 0.29) is 70.0 Å². The third kappa shape index (κ3) is 16.8. The monoisotopic (exact) mass is 1080 g/mol. The van der Waals surface area contributed by atoms with Crippen LogP contribution in [0.2, 0.25) is 0 Å². The second kappa shape index (κ2) is 27.1. The summed E-state index contributed by atoms with van der Waals surface area (Å²) in [5.74, 6) is 0.189. The van der Waals surface area contributed by atoms with Crippen LogP contribution in [0.25, 0.3) is 12.2 Å². The van der Waals surface area contributed by atoms with Crippen molar-refractivity contribution >= 4 is 103 Å². The van der Waals surface area contributed by atoms with E-state index in [1.165, 1.54) is 50.5 Å². The molecule has 76 heavy (non-hydrogen) atoms. The first-order valence-corrected chi connectivity index (χ1v) is 27.4. The average molecular weight is 1080 g/mol. The minimum Gasteiger partial charge on any atom is -0.355 e. The molecule has 0 aliphatic carbocycles. The summed E-state index contributed by atoms with van der Waals surface area (Å²) in [6.45, 7) is 14.7. The van der Waals surface area contributed by atoms with E-state index < -0.39 is 30.0 Å². The molecule has 24 nitrogen and oxygen atoms in total. The number of hydrogen-bond donors (Lipinski definition) is 10. The van der Waals surface area contributed by atoms with Crippen molar-refractivity contribution in [2.75, 3.05) is 98.4 Å². The summed E-state index contributed by atoms with van der Waals surface area (Å²) in [6, 6.07) is 21.3. The maximum absolute atomic E-state index is 12.9. The summed E-state index contributed by atoms with van der Waals surface area (Å²) in [5, 5.41) is 23.8. The number of nitrogens with zero attached hydrogens (tertiary/aromatic N) is 8. The molecule has 2 heterocycles. The lowest BCUT2D eigenvalue weighted by molar-refractivity contribution is 0.0955.